The van der Waals surface area contributed by atoms with Gasteiger partial charge in [-0.05, 0) is 24.4 Å². The van der Waals surface area contributed by atoms with Gasteiger partial charge in [-0.25, -0.2) is 0 Å². The second-order valence-electron chi connectivity index (χ2n) is 3.67. The molecule has 1 aliphatic rings. The van der Waals surface area contributed by atoms with Crippen molar-refractivity contribution in [3.05, 3.63) is 0 Å². The maximum atomic E-state index is 3.08. The van der Waals surface area contributed by atoms with E-state index in [1.54, 1.807) is 0 Å². The van der Waals surface area contributed by atoms with Gasteiger partial charge in [0.2, 0.25) is 0 Å². The molecule has 1 atom stereocenters. The third-order valence-corrected chi connectivity index (χ3v) is 3.46. The molecule has 0 heterocycles. The van der Waals surface area contributed by atoms with Crippen molar-refractivity contribution < 1.29 is 0 Å². The van der Waals surface area contributed by atoms with E-state index in [1.165, 1.54) is 44.9 Å². The van der Waals surface area contributed by atoms with Gasteiger partial charge in [-0.3, -0.25) is 0 Å². The Bertz CT molecular complexity index is 87.4. The molecule has 0 aliphatic heterocycles. The predicted octanol–water partition coefficient (Wildman–Crippen LogP) is 3.36. The van der Waals surface area contributed by atoms with Crippen LogP contribution in [0, 0.1) is 0 Å². The van der Waals surface area contributed by atoms with Crippen LogP contribution in [0.3, 0.4) is 0 Å². The minimum Gasteiger partial charge on any atom is -0.131 e. The molecule has 0 nitrogen and oxygen atoms in total. The third-order valence-electron chi connectivity index (χ3n) is 2.60. The molecule has 1 rings (SSSR count). The molecule has 10 heavy (non-hydrogen) atoms. The van der Waals surface area contributed by atoms with Crippen molar-refractivity contribution in [2.24, 2.45) is 0 Å². The molecule has 0 aromatic heterocycles. The SMILES string of the molecule is CCCC1(P)CCCCC1. The van der Waals surface area contributed by atoms with E-state index in [9.17, 15) is 0 Å². The van der Waals surface area contributed by atoms with E-state index in [1.807, 2.05) is 0 Å². The summed E-state index contributed by atoms with van der Waals surface area (Å²) >= 11 is 0. The van der Waals surface area contributed by atoms with Crippen LogP contribution in [0.4, 0.5) is 0 Å². The van der Waals surface area contributed by atoms with Gasteiger partial charge < -0.3 is 0 Å². The van der Waals surface area contributed by atoms with Gasteiger partial charge in [-0.15, -0.1) is 9.24 Å². The fourth-order valence-electron chi connectivity index (χ4n) is 2.00. The van der Waals surface area contributed by atoms with Crippen molar-refractivity contribution in [1.29, 1.82) is 0 Å². The lowest BCUT2D eigenvalue weighted by atomic mass is 9.85. The van der Waals surface area contributed by atoms with Crippen molar-refractivity contribution >= 4 is 9.24 Å². The molecule has 0 bridgehead atoms. The lowest BCUT2D eigenvalue weighted by Crippen LogP contribution is -2.23. The van der Waals surface area contributed by atoms with Gasteiger partial charge in [-0.1, -0.05) is 32.6 Å². The maximum absolute atomic E-state index is 3.08. The molecule has 1 aliphatic carbocycles. The Morgan fingerprint density at radius 2 is 1.80 bits per heavy atom. The van der Waals surface area contributed by atoms with Crippen LogP contribution in [0.5, 0.6) is 0 Å². The van der Waals surface area contributed by atoms with Gasteiger partial charge >= 0.3 is 0 Å². The van der Waals surface area contributed by atoms with E-state index in [2.05, 4.69) is 16.2 Å². The lowest BCUT2D eigenvalue weighted by Gasteiger charge is -2.32. The Morgan fingerprint density at radius 3 is 2.30 bits per heavy atom. The van der Waals surface area contributed by atoms with Crippen LogP contribution in [-0.2, 0) is 0 Å². The van der Waals surface area contributed by atoms with Crippen LogP contribution >= 0.6 is 9.24 Å². The van der Waals surface area contributed by atoms with Gasteiger partial charge in [0.25, 0.3) is 0 Å². The first kappa shape index (κ1) is 8.53. The summed E-state index contributed by atoms with van der Waals surface area (Å²) in [6.45, 7) is 2.29. The average molecular weight is 158 g/mol. The first-order valence-electron chi connectivity index (χ1n) is 4.56. The van der Waals surface area contributed by atoms with E-state index in [-0.39, 0.29) is 0 Å². The Morgan fingerprint density at radius 1 is 1.20 bits per heavy atom. The first-order valence-corrected chi connectivity index (χ1v) is 5.13. The first-order chi connectivity index (χ1) is 4.77. The van der Waals surface area contributed by atoms with Crippen molar-refractivity contribution in [2.45, 2.75) is 57.0 Å². The minimum absolute atomic E-state index is 0.646. The van der Waals surface area contributed by atoms with Crippen molar-refractivity contribution in [2.75, 3.05) is 0 Å². The monoisotopic (exact) mass is 158 g/mol. The van der Waals surface area contributed by atoms with E-state index >= 15 is 0 Å². The minimum atomic E-state index is 0.646. The second kappa shape index (κ2) is 3.72. The molecular weight excluding hydrogens is 139 g/mol. The van der Waals surface area contributed by atoms with Gasteiger partial charge in [0.05, 0.1) is 0 Å². The van der Waals surface area contributed by atoms with Gasteiger partial charge in [0.15, 0.2) is 0 Å². The highest BCUT2D eigenvalue weighted by Crippen LogP contribution is 2.39. The molecule has 0 amide bonds. The molecule has 0 radical (unpaired) electrons. The number of rotatable bonds is 2. The second-order valence-corrected chi connectivity index (χ2v) is 4.90. The number of hydrogen-bond acceptors (Lipinski definition) is 0. The summed E-state index contributed by atoms with van der Waals surface area (Å²) in [6, 6.07) is 0. The average Bonchev–Trinajstić information content (AvgIpc) is 1.89. The van der Waals surface area contributed by atoms with E-state index in [0.717, 1.165) is 0 Å². The summed E-state index contributed by atoms with van der Waals surface area (Å²) in [5, 5.41) is 0.646. The van der Waals surface area contributed by atoms with Crippen molar-refractivity contribution in [1.82, 2.24) is 0 Å². The third kappa shape index (κ3) is 2.23. The smallest absolute Gasteiger partial charge is 0.0150 e. The summed E-state index contributed by atoms with van der Waals surface area (Å²) in [4.78, 5) is 0. The fraction of sp³-hybridized carbons (Fsp3) is 1.00. The standard InChI is InChI=1S/C9H19P/c1-2-6-9(10)7-4-3-5-8-9/h2-8,10H2,1H3. The predicted molar refractivity (Wildman–Crippen MR) is 50.4 cm³/mol. The molecule has 1 unspecified atom stereocenters. The zero-order valence-electron chi connectivity index (χ0n) is 7.03. The zero-order chi connectivity index (χ0) is 7.45. The van der Waals surface area contributed by atoms with Crippen LogP contribution in [0.15, 0.2) is 0 Å². The Kier molecular flexibility index (Phi) is 3.17. The van der Waals surface area contributed by atoms with Crippen LogP contribution in [0.2, 0.25) is 0 Å². The fourth-order valence-corrected chi connectivity index (χ4v) is 2.70. The molecule has 0 aromatic carbocycles. The van der Waals surface area contributed by atoms with Crippen LogP contribution < -0.4 is 0 Å². The molecule has 0 spiro atoms. The highest BCUT2D eigenvalue weighted by molar-refractivity contribution is 7.19. The topological polar surface area (TPSA) is 0 Å². The van der Waals surface area contributed by atoms with Crippen LogP contribution in [0.1, 0.15) is 51.9 Å². The maximum Gasteiger partial charge on any atom is -0.0150 e. The Labute approximate surface area is 67.0 Å². The quantitative estimate of drug-likeness (QED) is 0.540. The highest BCUT2D eigenvalue weighted by Gasteiger charge is 2.25. The molecular formula is C9H19P. The van der Waals surface area contributed by atoms with Crippen LogP contribution in [-0.4, -0.2) is 5.16 Å². The lowest BCUT2D eigenvalue weighted by molar-refractivity contribution is 0.374. The summed E-state index contributed by atoms with van der Waals surface area (Å²) < 4.78 is 0. The molecule has 1 saturated carbocycles. The van der Waals surface area contributed by atoms with E-state index in [0.29, 0.717) is 5.16 Å². The molecule has 60 valence electrons. The van der Waals surface area contributed by atoms with Gasteiger partial charge in [0.1, 0.15) is 0 Å². The zero-order valence-corrected chi connectivity index (χ0v) is 8.18. The normalized spacial score (nSPS) is 24.6. The molecule has 1 heteroatoms. The number of hydrogen-bond donors (Lipinski definition) is 0. The Hall–Kier alpha value is 0.430. The Balaban J connectivity index is 2.32. The van der Waals surface area contributed by atoms with Gasteiger partial charge in [0, 0.05) is 0 Å². The molecule has 0 N–H and O–H groups in total. The molecule has 0 saturated heterocycles. The summed E-state index contributed by atoms with van der Waals surface area (Å²) in [5.41, 5.74) is 0. The van der Waals surface area contributed by atoms with Crippen LogP contribution in [0.25, 0.3) is 0 Å². The van der Waals surface area contributed by atoms with Crippen molar-refractivity contribution in [3.63, 3.8) is 0 Å². The summed E-state index contributed by atoms with van der Waals surface area (Å²) in [7, 11) is 3.08. The highest BCUT2D eigenvalue weighted by atomic mass is 31.0. The summed E-state index contributed by atoms with van der Waals surface area (Å²) in [6.07, 6.45) is 10.1. The molecule has 0 aromatic rings. The van der Waals surface area contributed by atoms with E-state index in [4.69, 9.17) is 0 Å². The van der Waals surface area contributed by atoms with Gasteiger partial charge in [-0.2, -0.15) is 0 Å². The summed E-state index contributed by atoms with van der Waals surface area (Å²) in [5.74, 6) is 0. The largest absolute Gasteiger partial charge is 0.131 e. The van der Waals surface area contributed by atoms with Crippen molar-refractivity contribution in [3.8, 4) is 0 Å². The molecule has 1 fully saturated rings. The van der Waals surface area contributed by atoms with E-state index < -0.39 is 0 Å².